The summed E-state index contributed by atoms with van der Waals surface area (Å²) in [5.74, 6) is -5.63. The number of anilines is 7. The summed E-state index contributed by atoms with van der Waals surface area (Å²) in [7, 11) is 6.29. The Hall–Kier alpha value is -13.1. The number of amides is 11. The van der Waals surface area contributed by atoms with E-state index in [9.17, 15) is 52.7 Å². The molecule has 1 aliphatic rings. The lowest BCUT2D eigenvalue weighted by molar-refractivity contribution is -0.130. The zero-order valence-corrected chi connectivity index (χ0v) is 77.2. The van der Waals surface area contributed by atoms with Gasteiger partial charge in [-0.05, 0) is 137 Å². The molecule has 133 heavy (non-hydrogen) atoms. The molecule has 5 heterocycles. The number of alkyl carbamates (subject to hydrolysis) is 1. The molecule has 3 aromatic carbocycles. The van der Waals surface area contributed by atoms with Gasteiger partial charge in [-0.2, -0.15) is 0 Å². The number of rotatable bonds is 57. The second-order valence-electron chi connectivity index (χ2n) is 31.8. The third-order valence-corrected chi connectivity index (χ3v) is 20.2. The highest BCUT2D eigenvalue weighted by Crippen LogP contribution is 2.42. The number of imidazole rings is 2. The summed E-state index contributed by atoms with van der Waals surface area (Å²) in [4.78, 5) is 155. The number of nitrogens with one attached hydrogen (secondary N) is 15. The van der Waals surface area contributed by atoms with Gasteiger partial charge in [0.2, 0.25) is 47.1 Å². The molecule has 0 spiro atoms. The van der Waals surface area contributed by atoms with Crippen LogP contribution in [0.15, 0.2) is 104 Å². The topological polar surface area (TPSA) is 576 Å². The molecule has 11 amide bonds. The second kappa shape index (κ2) is 54.7. The van der Waals surface area contributed by atoms with Crippen LogP contribution in [0.25, 0.3) is 11.1 Å². The maximum Gasteiger partial charge on any atom is 0.408 e. The Kier molecular flexibility index (Phi) is 43.3. The monoisotopic (exact) mass is 1870 g/mol. The summed E-state index contributed by atoms with van der Waals surface area (Å²) in [6.45, 7) is 14.5. The van der Waals surface area contributed by atoms with Crippen molar-refractivity contribution >= 4 is 129 Å². The number of aryl methyl sites for hydroxylation is 4. The van der Waals surface area contributed by atoms with Crippen LogP contribution in [0.5, 0.6) is 0 Å². The highest BCUT2D eigenvalue weighted by Gasteiger charge is 2.34. The van der Waals surface area contributed by atoms with Crippen molar-refractivity contribution in [1.29, 1.82) is 10.8 Å². The number of hydrogen-bond donors (Lipinski definition) is 17. The van der Waals surface area contributed by atoms with Gasteiger partial charge < -0.3 is 146 Å². The van der Waals surface area contributed by atoms with E-state index >= 15 is 0 Å². The summed E-state index contributed by atoms with van der Waals surface area (Å²) in [5, 5.41) is 51.2. The van der Waals surface area contributed by atoms with E-state index in [1.807, 2.05) is 65.6 Å². The SMILES string of the molecule is CC(=O)N1c2ccc(-c3ccc(NC(=O)CCOCCOCCOCCOCCOCCOCCOCCOCCNC(=O)c4cc(NC(=O)c5nc(NC(=O)CCNC(=O)c6cc(NC(=O)c7nc(NC(=O)CCNC(=O)[C@H](CCCNC(=N)N)NC(=O)[C@H](CCCNC(=N)N)NC(=O)OC(C)(C)C)cn7C)cn6C)cn5C)cn4C)cc3)cc2[C@H](Nc2ccc(Cl)cc2)C[C@@H]1C. The van der Waals surface area contributed by atoms with E-state index in [0.717, 1.165) is 34.5 Å². The van der Waals surface area contributed by atoms with E-state index in [1.54, 1.807) is 59.6 Å². The van der Waals surface area contributed by atoms with Gasteiger partial charge in [0, 0.05) is 134 Å². The van der Waals surface area contributed by atoms with Crippen molar-refractivity contribution in [3.05, 3.63) is 137 Å². The van der Waals surface area contributed by atoms with Gasteiger partial charge in [0.05, 0.1) is 130 Å². The van der Waals surface area contributed by atoms with Crippen molar-refractivity contribution in [3.8, 4) is 11.1 Å². The summed E-state index contributed by atoms with van der Waals surface area (Å²) < 4.78 is 55.8. The molecule has 0 unspecified atom stereocenters. The number of nitrogens with zero attached hydrogens (tertiary/aromatic N) is 7. The van der Waals surface area contributed by atoms with Crippen LogP contribution in [0, 0.1) is 10.8 Å². The molecular formula is C88H125ClN24O20. The molecule has 0 aliphatic carbocycles. The molecule has 44 nitrogen and oxygen atoms in total. The first-order valence-electron chi connectivity index (χ1n) is 43.6. The maximum atomic E-state index is 13.6. The predicted octanol–water partition coefficient (Wildman–Crippen LogP) is 4.95. The lowest BCUT2D eigenvalue weighted by Gasteiger charge is -2.39. The Balaban J connectivity index is 0.598. The zero-order chi connectivity index (χ0) is 96.4. The highest BCUT2D eigenvalue weighted by molar-refractivity contribution is 6.30. The molecule has 4 atom stereocenters. The smallest absolute Gasteiger partial charge is 0.408 e. The molecule has 1 aliphatic heterocycles. The Morgan fingerprint density at radius 2 is 0.887 bits per heavy atom. The largest absolute Gasteiger partial charge is 0.444 e. The summed E-state index contributed by atoms with van der Waals surface area (Å²) >= 11 is 6.14. The molecule has 19 N–H and O–H groups in total. The molecule has 7 aromatic rings. The first-order valence-corrected chi connectivity index (χ1v) is 43.9. The first-order chi connectivity index (χ1) is 63.7. The zero-order valence-electron chi connectivity index (χ0n) is 76.5. The lowest BCUT2D eigenvalue weighted by Crippen LogP contribution is -2.54. The van der Waals surface area contributed by atoms with Crippen LogP contribution < -0.4 is 85.5 Å². The predicted molar refractivity (Wildman–Crippen MR) is 497 cm³/mol. The Morgan fingerprint density at radius 1 is 0.459 bits per heavy atom. The van der Waals surface area contributed by atoms with Crippen LogP contribution in [-0.2, 0) is 99.6 Å². The fourth-order valence-corrected chi connectivity index (χ4v) is 13.7. The van der Waals surface area contributed by atoms with Crippen molar-refractivity contribution in [2.24, 2.45) is 39.7 Å². The first kappa shape index (κ1) is 105. The molecular weight excluding hydrogens is 1750 g/mol. The number of halogens is 1. The summed E-state index contributed by atoms with van der Waals surface area (Å²) in [6.07, 6.45) is 6.17. The normalized spacial score (nSPS) is 13.3. The van der Waals surface area contributed by atoms with E-state index < -0.39 is 71.0 Å². The molecule has 0 bridgehead atoms. The number of ether oxygens (including phenoxy) is 9. The van der Waals surface area contributed by atoms with Gasteiger partial charge in [0.1, 0.15) is 29.1 Å². The average molecular weight is 1870 g/mol. The Labute approximate surface area is 775 Å². The third kappa shape index (κ3) is 37.2. The number of guanidine groups is 2. The van der Waals surface area contributed by atoms with Gasteiger partial charge in [-0.15, -0.1) is 0 Å². The van der Waals surface area contributed by atoms with E-state index in [0.29, 0.717) is 109 Å². The van der Waals surface area contributed by atoms with Crippen LogP contribution in [0.3, 0.4) is 0 Å². The van der Waals surface area contributed by atoms with Crippen LogP contribution in [0.2, 0.25) is 5.02 Å². The van der Waals surface area contributed by atoms with Gasteiger partial charge in [-0.3, -0.25) is 58.8 Å². The van der Waals surface area contributed by atoms with E-state index in [4.69, 9.17) is 76.5 Å². The molecule has 0 fully saturated rings. The molecule has 8 rings (SSSR count). The van der Waals surface area contributed by atoms with Crippen molar-refractivity contribution in [2.75, 3.05) is 175 Å². The standard InChI is InChI=1S/C88H125ClN24O20/c1-56-48-68(99-61-21-17-60(89)18-22-61)65-49-59(16-23-69(65)113(56)57(2)114)58-14-19-62(20-15-58)100-76(117)26-32-125-34-36-127-38-40-129-42-44-131-46-47-132-45-43-130-41-39-128-37-35-126-33-31-96-82(121)71-51-64(53-110(71)7)102-84(123)78-108-73(55-112(78)9)106-75(116)25-30-95-81(120)70-50-63(52-109(70)6)101-83(122)77-107-72(54-111(77)8)105-74(115)24-29-94-79(118)66(12-10-27-97-85(90)91)103-80(119)67(13-11-28-98-86(92)93)104-87(124)133-88(3,4)5/h14-23,49-56,66-68,99H,10-13,24-48H2,1-9H3,(H,94,118)(H,95,120)(H,96,121)(H,100,117)(H,101,122)(H,102,123)(H,103,119)(H,104,124)(H,105,115)(H,106,116)(H4,90,91,97)(H4,92,93,98)/t56-,66-,67-,68+/m0/s1. The van der Waals surface area contributed by atoms with Gasteiger partial charge >= 0.3 is 6.09 Å². The van der Waals surface area contributed by atoms with Gasteiger partial charge in [0.15, 0.2) is 23.6 Å². The minimum absolute atomic E-state index is 0.00528. The number of nitrogens with two attached hydrogens (primary N) is 2. The number of benzene rings is 3. The van der Waals surface area contributed by atoms with Crippen molar-refractivity contribution < 1.29 is 95.4 Å². The average Bonchev–Trinajstić information content (AvgIpc) is 1.75. The van der Waals surface area contributed by atoms with Crippen molar-refractivity contribution in [3.63, 3.8) is 0 Å². The summed E-state index contributed by atoms with van der Waals surface area (Å²) in [6, 6.07) is 22.0. The van der Waals surface area contributed by atoms with Crippen molar-refractivity contribution in [2.45, 2.75) is 116 Å². The minimum Gasteiger partial charge on any atom is -0.444 e. The quantitative estimate of drug-likeness (QED) is 0.0136. The van der Waals surface area contributed by atoms with E-state index in [2.05, 4.69) is 92.1 Å². The highest BCUT2D eigenvalue weighted by atomic mass is 35.5. The molecule has 4 aromatic heterocycles. The molecule has 45 heteroatoms. The van der Waals surface area contributed by atoms with Gasteiger partial charge in [0.25, 0.3) is 23.6 Å². The van der Waals surface area contributed by atoms with E-state index in [-0.39, 0.29) is 167 Å². The number of aromatic nitrogens is 6. The van der Waals surface area contributed by atoms with Crippen LogP contribution >= 0.6 is 11.6 Å². The van der Waals surface area contributed by atoms with Crippen LogP contribution in [0.4, 0.5) is 44.9 Å². The number of hydrogen-bond acceptors (Lipinski definition) is 25. The molecule has 0 saturated carbocycles. The Morgan fingerprint density at radius 3 is 1.35 bits per heavy atom. The number of carbonyl (C=O) groups is 11. The van der Waals surface area contributed by atoms with Crippen LogP contribution in [-0.4, -0.2) is 267 Å². The minimum atomic E-state index is -1.16. The fraction of sp³-hybridized carbons (Fsp3) is 0.489. The van der Waals surface area contributed by atoms with Gasteiger partial charge in [-0.25, -0.2) is 14.8 Å². The maximum absolute atomic E-state index is 13.6. The lowest BCUT2D eigenvalue weighted by atomic mass is 9.89. The summed E-state index contributed by atoms with van der Waals surface area (Å²) in [5.41, 5.74) is 16.3. The Bertz CT molecular complexity index is 5030. The molecule has 724 valence electrons. The molecule has 0 radical (unpaired) electrons. The second-order valence-corrected chi connectivity index (χ2v) is 32.3. The number of fused-ring (bicyclic) bond motifs is 1. The molecule has 0 saturated heterocycles. The fourth-order valence-electron chi connectivity index (χ4n) is 13.6. The van der Waals surface area contributed by atoms with Crippen molar-refractivity contribution in [1.82, 2.24) is 65.5 Å². The third-order valence-electron chi connectivity index (χ3n) is 19.9. The number of carbonyl (C=O) groups excluding carboxylic acids is 11. The van der Waals surface area contributed by atoms with Gasteiger partial charge in [-0.1, -0.05) is 29.8 Å². The van der Waals surface area contributed by atoms with E-state index in [1.165, 1.54) is 51.5 Å². The van der Waals surface area contributed by atoms with Crippen LogP contribution in [0.1, 0.15) is 140 Å².